The minimum atomic E-state index is -0.0349. The summed E-state index contributed by atoms with van der Waals surface area (Å²) in [6.45, 7) is 28.4. The van der Waals surface area contributed by atoms with Gasteiger partial charge in [0.05, 0.1) is 0 Å². The first-order valence-electron chi connectivity index (χ1n) is 27.8. The molecule has 8 heteroatoms. The van der Waals surface area contributed by atoms with E-state index in [1.165, 1.54) is 68.5 Å². The number of anilines is 3. The van der Waals surface area contributed by atoms with E-state index in [9.17, 15) is 0 Å². The van der Waals surface area contributed by atoms with Crippen LogP contribution in [0.3, 0.4) is 0 Å². The molecule has 0 spiro atoms. The second kappa shape index (κ2) is 18.7. The predicted octanol–water partition coefficient (Wildman–Crippen LogP) is 17.6. The predicted molar refractivity (Wildman–Crippen MR) is 321 cm³/mol. The number of nitrogens with zero attached hydrogens (tertiary/aromatic N) is 5. The number of pyridine rings is 1. The molecule has 0 radical (unpaired) electrons. The second-order valence-electron chi connectivity index (χ2n) is 25.9. The van der Waals surface area contributed by atoms with E-state index in [0.29, 0.717) is 11.5 Å². The van der Waals surface area contributed by atoms with Gasteiger partial charge in [-0.15, -0.1) is 48.1 Å². The van der Waals surface area contributed by atoms with Gasteiger partial charge in [-0.25, -0.2) is 4.98 Å². The van der Waals surface area contributed by atoms with Gasteiger partial charge in [0.2, 0.25) is 0 Å². The Labute approximate surface area is 477 Å². The number of rotatable bonds is 7. The Morgan fingerprint density at radius 2 is 1.23 bits per heavy atom. The molecule has 3 aliphatic heterocycles. The molecule has 0 saturated carbocycles. The third-order valence-electron chi connectivity index (χ3n) is 17.9. The van der Waals surface area contributed by atoms with Crippen molar-refractivity contribution in [2.45, 2.75) is 129 Å². The third-order valence-corrected chi connectivity index (χ3v) is 17.9. The Morgan fingerprint density at radius 1 is 0.603 bits per heavy atom. The van der Waals surface area contributed by atoms with Crippen LogP contribution in [0, 0.1) is 18.8 Å². The maximum absolute atomic E-state index is 6.81. The van der Waals surface area contributed by atoms with Crippen LogP contribution in [0.25, 0.3) is 38.7 Å². The summed E-state index contributed by atoms with van der Waals surface area (Å²) in [5.41, 5.74) is 18.4. The number of para-hydroxylation sites is 3. The zero-order valence-corrected chi connectivity index (χ0v) is 49.3. The van der Waals surface area contributed by atoms with E-state index in [1.54, 1.807) is 0 Å². The van der Waals surface area contributed by atoms with Crippen molar-refractivity contribution in [2.24, 2.45) is 0 Å². The van der Waals surface area contributed by atoms with Crippen LogP contribution in [-0.2, 0) is 48.1 Å². The number of allylic oxidation sites excluding steroid dienone is 3. The summed E-state index contributed by atoms with van der Waals surface area (Å²) in [7, 11) is 0. The first-order valence-corrected chi connectivity index (χ1v) is 27.8. The molecule has 6 nitrogen and oxygen atoms in total. The van der Waals surface area contributed by atoms with Crippen LogP contribution in [0.2, 0.25) is 0 Å². The fourth-order valence-corrected chi connectivity index (χ4v) is 13.1. The summed E-state index contributed by atoms with van der Waals surface area (Å²) in [6, 6.07) is 54.2. The molecular weight excluding hydrogens is 1130 g/mol. The molecule has 396 valence electrons. The van der Waals surface area contributed by atoms with Crippen molar-refractivity contribution in [3.8, 4) is 17.3 Å². The second-order valence-corrected chi connectivity index (χ2v) is 25.9. The maximum Gasteiger partial charge on any atom is 0.322 e. The van der Waals surface area contributed by atoms with E-state index in [0.717, 1.165) is 57.5 Å². The van der Waals surface area contributed by atoms with Crippen molar-refractivity contribution in [1.82, 2.24) is 14.4 Å². The van der Waals surface area contributed by atoms with Crippen molar-refractivity contribution in [3.63, 3.8) is 0 Å². The van der Waals surface area contributed by atoms with E-state index in [2.05, 4.69) is 260 Å². The maximum atomic E-state index is 6.81. The minimum Gasteiger partial charge on any atom is -0.509 e. The van der Waals surface area contributed by atoms with Gasteiger partial charge in [0.25, 0.3) is 0 Å². The molecule has 78 heavy (non-hydrogen) atoms. The molecule has 0 fully saturated rings. The van der Waals surface area contributed by atoms with Crippen LogP contribution in [0.1, 0.15) is 141 Å². The summed E-state index contributed by atoms with van der Waals surface area (Å²) < 4.78 is 9.02. The molecule has 2 aliphatic carbocycles. The van der Waals surface area contributed by atoms with Crippen LogP contribution in [0.5, 0.6) is 11.5 Å². The molecule has 0 unspecified atom stereocenters. The van der Waals surface area contributed by atoms with Crippen LogP contribution >= 0.6 is 0 Å². The van der Waals surface area contributed by atoms with Crippen LogP contribution in [0.4, 0.5) is 17.1 Å². The fraction of sp³-hybridized carbons (Fsp3) is 0.286. The normalized spacial score (nSPS) is 18.6. The zero-order chi connectivity index (χ0) is 53.4. The fourth-order valence-electron chi connectivity index (χ4n) is 13.1. The number of benzene rings is 6. The molecule has 2 aromatic heterocycles. The van der Waals surface area contributed by atoms with E-state index < -0.39 is 0 Å². The molecule has 5 aliphatic rings. The Balaban J connectivity index is 0.00000609. The summed E-state index contributed by atoms with van der Waals surface area (Å²) >= 11 is 0. The van der Waals surface area contributed by atoms with Gasteiger partial charge >= 0.3 is 6.85 Å². The van der Waals surface area contributed by atoms with Crippen LogP contribution in [0.15, 0.2) is 170 Å². The van der Waals surface area contributed by atoms with Crippen molar-refractivity contribution in [2.75, 3.05) is 9.80 Å². The van der Waals surface area contributed by atoms with E-state index >= 15 is 0 Å². The molecule has 5 heterocycles. The summed E-state index contributed by atoms with van der Waals surface area (Å²) in [4.78, 5) is 12.1. The molecule has 13 rings (SSSR count). The first kappa shape index (κ1) is 51.9. The zero-order valence-electron chi connectivity index (χ0n) is 47.0. The average molecular weight is 1200 g/mol. The standard InChI is InChI=1S/C70H69BN5O.Pt/c1-66(2,3)48-31-37-72-63(41-48)76-59-22-13-12-21-52(59)53-28-27-51(43-62(53)76)77-50-20-18-19-49(42-50)74-45-75(61-24-15-14-23-60(61)74)65-54(46-25-29-55-57(39-46)69(8,9)34-32-67(55,4)5)44-73-38-17-16-36-71(73)64(65)47-26-30-56-58(40-47)70(10,11)35-33-68(56,6)7;/h12-31,36-41,44-45H,32-35H2,1-11H3;/q-3;. The monoisotopic (exact) mass is 1200 g/mol. The molecular formula is C70H69BN5OPt-3. The Bertz CT molecular complexity index is 3860. The summed E-state index contributed by atoms with van der Waals surface area (Å²) in [6.07, 6.45) is 15.6. The van der Waals surface area contributed by atoms with Crippen molar-refractivity contribution >= 4 is 56.8 Å². The Morgan fingerprint density at radius 3 is 1.94 bits per heavy atom. The summed E-state index contributed by atoms with van der Waals surface area (Å²) in [5, 5.41) is 2.24. The van der Waals surface area contributed by atoms with Gasteiger partial charge in [-0.1, -0.05) is 160 Å². The molecule has 0 amide bonds. The number of hydrogen-bond acceptors (Lipinski definition) is 5. The van der Waals surface area contributed by atoms with Gasteiger partial charge in [-0.05, 0) is 145 Å². The van der Waals surface area contributed by atoms with Gasteiger partial charge < -0.3 is 23.9 Å². The van der Waals surface area contributed by atoms with Gasteiger partial charge in [0, 0.05) is 73.1 Å². The average Bonchev–Trinajstić information content (AvgIpc) is 4.14. The van der Waals surface area contributed by atoms with E-state index in [-0.39, 0.29) is 55.0 Å². The van der Waals surface area contributed by atoms with Gasteiger partial charge in [-0.2, -0.15) is 12.1 Å². The Hall–Kier alpha value is -6.82. The van der Waals surface area contributed by atoms with E-state index in [1.807, 2.05) is 18.3 Å². The molecule has 0 N–H and O–H groups in total. The quantitative estimate of drug-likeness (QED) is 0.117. The smallest absolute Gasteiger partial charge is 0.322 e. The number of hydrogen-bond donors (Lipinski definition) is 0. The molecule has 0 bridgehead atoms. The van der Waals surface area contributed by atoms with Crippen molar-refractivity contribution in [3.05, 3.63) is 228 Å². The molecule has 8 aromatic rings. The topological polar surface area (TPSA) is 36.8 Å². The first-order chi connectivity index (χ1) is 36.8. The van der Waals surface area contributed by atoms with Gasteiger partial charge in [-0.3, -0.25) is 0 Å². The Kier molecular flexibility index (Phi) is 12.4. The van der Waals surface area contributed by atoms with Crippen molar-refractivity contribution in [1.29, 1.82) is 0 Å². The van der Waals surface area contributed by atoms with Gasteiger partial charge in [0.15, 0.2) is 0 Å². The number of fused-ring (bicyclic) bond motifs is 7. The SMILES string of the molecule is CC(C)(C)c1ccnc(-n2c3[c-]c(Oc4[c-]c(N5[CH-]N(C6=C(c7ccc8c(c7)C(C)(C)CCC8(C)C)B7C=CC=CN7C=C6c6ccc7c(c6)C(C)(C)CCC7(C)C)c6ccccc65)ccc4)ccc3c3ccccc32)c1.[Pt]. The summed E-state index contributed by atoms with van der Waals surface area (Å²) in [5.74, 6) is 4.44. The van der Waals surface area contributed by atoms with Gasteiger partial charge in [0.1, 0.15) is 5.82 Å². The van der Waals surface area contributed by atoms with Crippen molar-refractivity contribution < 1.29 is 25.8 Å². The van der Waals surface area contributed by atoms with Crippen LogP contribution < -0.4 is 14.5 Å². The van der Waals surface area contributed by atoms with E-state index in [4.69, 9.17) is 9.72 Å². The number of ether oxygens (including phenoxy) is 1. The minimum absolute atomic E-state index is 0. The van der Waals surface area contributed by atoms with Crippen LogP contribution in [-0.4, -0.2) is 21.2 Å². The third kappa shape index (κ3) is 8.62. The number of aromatic nitrogens is 2. The largest absolute Gasteiger partial charge is 0.509 e. The molecule has 6 aromatic carbocycles. The molecule has 0 atom stereocenters. The molecule has 0 saturated heterocycles.